The maximum absolute atomic E-state index is 13.5. The first-order valence-electron chi connectivity index (χ1n) is 12.6. The standard InChI is InChI=1S/C29H27N5O5S/c1-18(35)30-25(16-19-7-3-2-4-8-19)29(37)33-24(28-31-22-9-5-6-10-23(22)32-28)15-20-11-13-21(14-12-20)26-17-27(36)34-40(26,38)39/h2-14,17,24-25H,15-16H2,1H3,(H,30,35)(H,31,32)(H,33,37)(H,34,36)/t24-,25+/m1/s1. The lowest BCUT2D eigenvalue weighted by molar-refractivity contribution is -0.128. The molecule has 1 aromatic heterocycles. The number of rotatable bonds is 9. The highest BCUT2D eigenvalue weighted by atomic mass is 32.2. The number of amides is 3. The number of aromatic nitrogens is 2. The van der Waals surface area contributed by atoms with Crippen molar-refractivity contribution in [3.63, 3.8) is 0 Å². The van der Waals surface area contributed by atoms with Crippen LogP contribution >= 0.6 is 0 Å². The van der Waals surface area contributed by atoms with E-state index in [-0.39, 0.29) is 16.7 Å². The van der Waals surface area contributed by atoms with Gasteiger partial charge in [0, 0.05) is 19.4 Å². The molecule has 0 spiro atoms. The van der Waals surface area contributed by atoms with Crippen LogP contribution in [0.15, 0.2) is 84.9 Å². The minimum Gasteiger partial charge on any atom is -0.344 e. The summed E-state index contributed by atoms with van der Waals surface area (Å²) in [5.74, 6) is -0.837. The smallest absolute Gasteiger partial charge is 0.265 e. The van der Waals surface area contributed by atoms with E-state index in [2.05, 4.69) is 20.6 Å². The van der Waals surface area contributed by atoms with Gasteiger partial charge in [-0.15, -0.1) is 0 Å². The fourth-order valence-electron chi connectivity index (χ4n) is 4.62. The summed E-state index contributed by atoms with van der Waals surface area (Å²) in [7, 11) is -3.89. The molecule has 3 aromatic carbocycles. The molecule has 0 unspecified atom stereocenters. The van der Waals surface area contributed by atoms with Gasteiger partial charge < -0.3 is 15.6 Å². The van der Waals surface area contributed by atoms with Crippen LogP contribution in [0.3, 0.4) is 0 Å². The zero-order valence-electron chi connectivity index (χ0n) is 21.5. The molecule has 0 radical (unpaired) electrons. The molecule has 11 heteroatoms. The third-order valence-electron chi connectivity index (χ3n) is 6.50. The minimum atomic E-state index is -3.89. The van der Waals surface area contributed by atoms with Gasteiger partial charge in [-0.1, -0.05) is 66.7 Å². The number of imidazole rings is 1. The highest BCUT2D eigenvalue weighted by Gasteiger charge is 2.29. The first-order valence-corrected chi connectivity index (χ1v) is 14.1. The lowest BCUT2D eigenvalue weighted by Crippen LogP contribution is -2.48. The Morgan fingerprint density at radius 3 is 2.20 bits per heavy atom. The van der Waals surface area contributed by atoms with Crippen molar-refractivity contribution in [1.82, 2.24) is 25.3 Å². The predicted octanol–water partition coefficient (Wildman–Crippen LogP) is 2.51. The van der Waals surface area contributed by atoms with Crippen molar-refractivity contribution >= 4 is 43.7 Å². The number of aromatic amines is 1. The van der Waals surface area contributed by atoms with E-state index in [1.165, 1.54) is 6.92 Å². The summed E-state index contributed by atoms with van der Waals surface area (Å²) in [6.45, 7) is 1.37. The van der Waals surface area contributed by atoms with Gasteiger partial charge in [0.2, 0.25) is 11.8 Å². The number of hydrogen-bond acceptors (Lipinski definition) is 6. The van der Waals surface area contributed by atoms with E-state index in [0.717, 1.165) is 28.2 Å². The van der Waals surface area contributed by atoms with Gasteiger partial charge in [-0.25, -0.2) is 18.1 Å². The van der Waals surface area contributed by atoms with E-state index in [4.69, 9.17) is 0 Å². The first kappa shape index (κ1) is 26.8. The number of carbonyl (C=O) groups is 3. The molecule has 4 N–H and O–H groups in total. The molecule has 1 aliphatic rings. The minimum absolute atomic E-state index is 0.0924. The van der Waals surface area contributed by atoms with Crippen molar-refractivity contribution in [3.8, 4) is 0 Å². The van der Waals surface area contributed by atoms with Gasteiger partial charge in [0.1, 0.15) is 16.8 Å². The molecule has 2 atom stereocenters. The number of para-hydroxylation sites is 2. The van der Waals surface area contributed by atoms with E-state index in [1.807, 2.05) is 59.3 Å². The normalized spacial score (nSPS) is 15.6. The maximum atomic E-state index is 13.5. The maximum Gasteiger partial charge on any atom is 0.265 e. The summed E-state index contributed by atoms with van der Waals surface area (Å²) in [5, 5.41) is 5.79. The second kappa shape index (κ2) is 11.1. The Balaban J connectivity index is 1.42. The van der Waals surface area contributed by atoms with Crippen molar-refractivity contribution in [2.45, 2.75) is 31.8 Å². The molecule has 4 aromatic rings. The zero-order chi connectivity index (χ0) is 28.3. The van der Waals surface area contributed by atoms with Gasteiger partial charge in [0.25, 0.3) is 15.9 Å². The molecule has 0 saturated heterocycles. The number of nitrogens with zero attached hydrogens (tertiary/aromatic N) is 1. The number of hydrogen-bond donors (Lipinski definition) is 4. The second-order valence-corrected chi connectivity index (χ2v) is 11.2. The quantitative estimate of drug-likeness (QED) is 0.248. The lowest BCUT2D eigenvalue weighted by atomic mass is 10.0. The van der Waals surface area contributed by atoms with E-state index < -0.39 is 28.0 Å². The van der Waals surface area contributed by atoms with Crippen LogP contribution in [-0.4, -0.2) is 42.1 Å². The number of nitrogens with one attached hydrogen (secondary N) is 4. The van der Waals surface area contributed by atoms with Crippen LogP contribution in [0.1, 0.15) is 35.5 Å². The van der Waals surface area contributed by atoms with Crippen LogP contribution in [0.2, 0.25) is 0 Å². The van der Waals surface area contributed by atoms with Crippen molar-refractivity contribution in [2.75, 3.05) is 0 Å². The molecule has 3 amide bonds. The van der Waals surface area contributed by atoms with Gasteiger partial charge in [0.15, 0.2) is 0 Å². The predicted molar refractivity (Wildman–Crippen MR) is 150 cm³/mol. The van der Waals surface area contributed by atoms with Gasteiger partial charge in [-0.2, -0.15) is 0 Å². The fourth-order valence-corrected chi connectivity index (χ4v) is 5.77. The first-order chi connectivity index (χ1) is 19.2. The third-order valence-corrected chi connectivity index (χ3v) is 7.90. The summed E-state index contributed by atoms with van der Waals surface area (Å²) < 4.78 is 26.4. The third kappa shape index (κ3) is 6.10. The number of benzene rings is 3. The van der Waals surface area contributed by atoms with Gasteiger partial charge in [0.05, 0.1) is 17.1 Å². The van der Waals surface area contributed by atoms with Crippen LogP contribution in [-0.2, 0) is 37.2 Å². The molecule has 10 nitrogen and oxygen atoms in total. The van der Waals surface area contributed by atoms with E-state index >= 15 is 0 Å². The average Bonchev–Trinajstić information content (AvgIpc) is 3.48. The van der Waals surface area contributed by atoms with Crippen LogP contribution < -0.4 is 15.4 Å². The molecule has 0 aliphatic carbocycles. The molecular weight excluding hydrogens is 530 g/mol. The Hall–Kier alpha value is -4.77. The SMILES string of the molecule is CC(=O)N[C@@H](Cc1ccccc1)C(=O)N[C@H](Cc1ccc(C2=CC(=O)NS2(=O)=O)cc1)c1nc2ccccc2[nH]1. The largest absolute Gasteiger partial charge is 0.344 e. The average molecular weight is 558 g/mol. The highest BCUT2D eigenvalue weighted by molar-refractivity contribution is 7.99. The molecule has 0 fully saturated rings. The van der Waals surface area contributed by atoms with E-state index in [1.54, 1.807) is 24.3 Å². The van der Waals surface area contributed by atoms with Gasteiger partial charge in [-0.3, -0.25) is 14.4 Å². The van der Waals surface area contributed by atoms with Crippen LogP contribution in [0.25, 0.3) is 15.9 Å². The van der Waals surface area contributed by atoms with Crippen molar-refractivity contribution in [3.05, 3.63) is 107 Å². The Bertz CT molecular complexity index is 1680. The fraction of sp³-hybridized carbons (Fsp3) is 0.172. The Kier molecular flexibility index (Phi) is 7.47. The number of H-pyrrole nitrogens is 1. The summed E-state index contributed by atoms with van der Waals surface area (Å²) in [6.07, 6.45) is 1.69. The van der Waals surface area contributed by atoms with Crippen molar-refractivity contribution in [1.29, 1.82) is 0 Å². The second-order valence-electron chi connectivity index (χ2n) is 9.52. The van der Waals surface area contributed by atoms with Crippen LogP contribution in [0.5, 0.6) is 0 Å². The van der Waals surface area contributed by atoms with Crippen molar-refractivity contribution in [2.24, 2.45) is 0 Å². The molecule has 5 rings (SSSR count). The highest BCUT2D eigenvalue weighted by Crippen LogP contribution is 2.26. The monoisotopic (exact) mass is 557 g/mol. The van der Waals surface area contributed by atoms with Gasteiger partial charge in [-0.05, 0) is 35.2 Å². The Labute approximate surface area is 231 Å². The van der Waals surface area contributed by atoms with Crippen molar-refractivity contribution < 1.29 is 22.8 Å². The number of fused-ring (bicyclic) bond motifs is 1. The van der Waals surface area contributed by atoms with E-state index in [0.29, 0.717) is 24.2 Å². The van der Waals surface area contributed by atoms with Gasteiger partial charge >= 0.3 is 0 Å². The molecule has 40 heavy (non-hydrogen) atoms. The number of sulfonamides is 1. The molecule has 1 aliphatic heterocycles. The van der Waals surface area contributed by atoms with Crippen LogP contribution in [0.4, 0.5) is 0 Å². The Morgan fingerprint density at radius 2 is 1.55 bits per heavy atom. The molecule has 0 bridgehead atoms. The summed E-state index contributed by atoms with van der Waals surface area (Å²) >= 11 is 0. The molecular formula is C29H27N5O5S. The van der Waals surface area contributed by atoms with Crippen LogP contribution in [0, 0.1) is 0 Å². The topological polar surface area (TPSA) is 150 Å². The number of carbonyl (C=O) groups excluding carboxylic acids is 3. The molecule has 0 saturated carbocycles. The Morgan fingerprint density at radius 1 is 0.875 bits per heavy atom. The summed E-state index contributed by atoms with van der Waals surface area (Å²) in [6, 6.07) is 22.2. The summed E-state index contributed by atoms with van der Waals surface area (Å²) in [5.41, 5.74) is 3.62. The van der Waals surface area contributed by atoms with E-state index in [9.17, 15) is 22.8 Å². The molecule has 2 heterocycles. The summed E-state index contributed by atoms with van der Waals surface area (Å²) in [4.78, 5) is 44.9. The zero-order valence-corrected chi connectivity index (χ0v) is 22.4. The molecule has 204 valence electrons. The lowest BCUT2D eigenvalue weighted by Gasteiger charge is -2.22.